The number of hydrogen-bond acceptors (Lipinski definition) is 2. The number of rotatable bonds is 7. The Hall–Kier alpha value is -0.710. The third-order valence-corrected chi connectivity index (χ3v) is 3.31. The topological polar surface area (TPSA) is 12.5 Å². The summed E-state index contributed by atoms with van der Waals surface area (Å²) in [6.07, 6.45) is -11.5. The van der Waals surface area contributed by atoms with Crippen LogP contribution in [0, 0.1) is 0 Å². The van der Waals surface area contributed by atoms with E-state index in [0.29, 0.717) is 12.8 Å². The predicted octanol–water partition coefficient (Wildman–Crippen LogP) is 3.96. The summed E-state index contributed by atoms with van der Waals surface area (Å²) in [7, 11) is 0. The smallest absolute Gasteiger partial charge is 0.369 e. The van der Waals surface area contributed by atoms with Gasteiger partial charge in [0.1, 0.15) is 13.2 Å². The molecule has 23 heavy (non-hydrogen) atoms. The van der Waals surface area contributed by atoms with Crippen LogP contribution in [0.4, 0.5) is 39.5 Å². The molecule has 138 valence electrons. The largest absolute Gasteiger partial charge is 0.425 e. The normalized spacial score (nSPS) is 21.3. The molecule has 0 aromatic heterocycles. The molecule has 2 unspecified atom stereocenters. The Labute approximate surface area is 126 Å². The number of ether oxygens (including phenoxy) is 1. The fourth-order valence-electron chi connectivity index (χ4n) is 2.12. The van der Waals surface area contributed by atoms with Crippen LogP contribution in [-0.4, -0.2) is 61.7 Å². The van der Waals surface area contributed by atoms with Gasteiger partial charge in [0.15, 0.2) is 0 Å². The van der Waals surface area contributed by atoms with E-state index in [1.54, 1.807) is 0 Å². The maximum absolute atomic E-state index is 13.7. The predicted molar refractivity (Wildman–Crippen MR) is 62.0 cm³/mol. The fraction of sp³-hybridized carbons (Fsp3) is 1.00. The molecule has 0 saturated carbocycles. The average Bonchev–Trinajstić information content (AvgIpc) is 2.45. The van der Waals surface area contributed by atoms with E-state index in [2.05, 4.69) is 4.74 Å². The van der Waals surface area contributed by atoms with Crippen LogP contribution in [0.2, 0.25) is 0 Å². The van der Waals surface area contributed by atoms with Crippen molar-refractivity contribution in [3.63, 3.8) is 0 Å². The van der Waals surface area contributed by atoms with Crippen molar-refractivity contribution in [3.8, 4) is 0 Å². The highest BCUT2D eigenvalue weighted by Gasteiger charge is 2.57. The first kappa shape index (κ1) is 20.3. The summed E-state index contributed by atoms with van der Waals surface area (Å²) in [6.45, 7) is -4.00. The third-order valence-electron chi connectivity index (χ3n) is 3.31. The van der Waals surface area contributed by atoms with Gasteiger partial charge in [-0.15, -0.1) is 0 Å². The fourth-order valence-corrected chi connectivity index (χ4v) is 2.12. The van der Waals surface area contributed by atoms with E-state index in [9.17, 15) is 39.5 Å². The van der Waals surface area contributed by atoms with Gasteiger partial charge in [-0.3, -0.25) is 4.90 Å². The summed E-state index contributed by atoms with van der Waals surface area (Å²) in [5, 5.41) is 0. The molecule has 11 heteroatoms. The van der Waals surface area contributed by atoms with E-state index in [4.69, 9.17) is 0 Å². The highest BCUT2D eigenvalue weighted by molar-refractivity contribution is 4.84. The Bertz CT molecular complexity index is 368. The van der Waals surface area contributed by atoms with Crippen LogP contribution in [0.25, 0.3) is 0 Å². The zero-order valence-electron chi connectivity index (χ0n) is 11.9. The third kappa shape index (κ3) is 5.70. The lowest BCUT2D eigenvalue weighted by molar-refractivity contribution is -0.261. The van der Waals surface area contributed by atoms with Crippen molar-refractivity contribution in [1.29, 1.82) is 0 Å². The van der Waals surface area contributed by atoms with Crippen LogP contribution in [0.5, 0.6) is 0 Å². The summed E-state index contributed by atoms with van der Waals surface area (Å²) in [4.78, 5) is 0.804. The SMILES string of the molecule is FC(N1CCCCC1)C(F)(F)COCC(F)(F)C(F)C(F)(F)F. The van der Waals surface area contributed by atoms with Crippen molar-refractivity contribution < 1.29 is 44.3 Å². The second-order valence-corrected chi connectivity index (χ2v) is 5.35. The van der Waals surface area contributed by atoms with Crippen LogP contribution in [0.1, 0.15) is 19.3 Å². The maximum Gasteiger partial charge on any atom is 0.425 e. The van der Waals surface area contributed by atoms with E-state index in [1.165, 1.54) is 0 Å². The number of piperidine rings is 1. The average molecular weight is 361 g/mol. The van der Waals surface area contributed by atoms with Gasteiger partial charge in [-0.25, -0.2) is 17.6 Å². The van der Waals surface area contributed by atoms with Gasteiger partial charge in [0.25, 0.3) is 6.17 Å². The molecule has 0 aliphatic carbocycles. The molecule has 0 N–H and O–H groups in total. The Morgan fingerprint density at radius 3 is 1.74 bits per heavy atom. The maximum atomic E-state index is 13.7. The molecule has 2 atom stereocenters. The van der Waals surface area contributed by atoms with Crippen molar-refractivity contribution in [1.82, 2.24) is 4.90 Å². The van der Waals surface area contributed by atoms with Gasteiger partial charge in [-0.2, -0.15) is 22.0 Å². The molecular weight excluding hydrogens is 345 g/mol. The first-order valence-electron chi connectivity index (χ1n) is 6.80. The van der Waals surface area contributed by atoms with Crippen molar-refractivity contribution in [3.05, 3.63) is 0 Å². The Kier molecular flexibility index (Phi) is 6.59. The second-order valence-electron chi connectivity index (χ2n) is 5.35. The molecule has 0 aromatic carbocycles. The van der Waals surface area contributed by atoms with Crippen LogP contribution in [0.15, 0.2) is 0 Å². The van der Waals surface area contributed by atoms with Crippen molar-refractivity contribution >= 4 is 0 Å². The van der Waals surface area contributed by atoms with Crippen molar-refractivity contribution in [2.24, 2.45) is 0 Å². The Morgan fingerprint density at radius 2 is 1.26 bits per heavy atom. The van der Waals surface area contributed by atoms with Crippen LogP contribution in [-0.2, 0) is 4.74 Å². The van der Waals surface area contributed by atoms with E-state index in [-0.39, 0.29) is 13.1 Å². The monoisotopic (exact) mass is 361 g/mol. The Balaban J connectivity index is 2.52. The van der Waals surface area contributed by atoms with Gasteiger partial charge in [0.2, 0.25) is 6.30 Å². The molecule has 0 spiro atoms. The van der Waals surface area contributed by atoms with Gasteiger partial charge in [0, 0.05) is 13.1 Å². The zero-order chi connectivity index (χ0) is 17.9. The summed E-state index contributed by atoms with van der Waals surface area (Å²) in [5.74, 6) is -9.23. The summed E-state index contributed by atoms with van der Waals surface area (Å²) in [6, 6.07) is 0. The number of halogens is 9. The minimum absolute atomic E-state index is 0.0492. The second kappa shape index (κ2) is 7.45. The zero-order valence-corrected chi connectivity index (χ0v) is 11.9. The summed E-state index contributed by atoms with van der Waals surface area (Å²) in [5.41, 5.74) is 0. The van der Waals surface area contributed by atoms with Crippen LogP contribution >= 0.6 is 0 Å². The molecule has 1 saturated heterocycles. The lowest BCUT2D eigenvalue weighted by atomic mass is 10.1. The van der Waals surface area contributed by atoms with Gasteiger partial charge in [0.05, 0.1) is 0 Å². The molecule has 1 rings (SSSR count). The molecule has 1 fully saturated rings. The highest BCUT2D eigenvalue weighted by atomic mass is 19.4. The molecule has 1 heterocycles. The lowest BCUT2D eigenvalue weighted by Crippen LogP contribution is -2.50. The quantitative estimate of drug-likeness (QED) is 0.503. The van der Waals surface area contributed by atoms with Gasteiger partial charge in [-0.05, 0) is 12.8 Å². The van der Waals surface area contributed by atoms with Crippen molar-refractivity contribution in [2.45, 2.75) is 49.8 Å². The van der Waals surface area contributed by atoms with Crippen LogP contribution in [0.3, 0.4) is 0 Å². The minimum Gasteiger partial charge on any atom is -0.369 e. The standard InChI is InChI=1S/C12H16F9NO/c13-8(12(19,20)21)10(15,16)6-23-7-11(17,18)9(14)22-4-2-1-3-5-22/h8-9H,1-7H2. The lowest BCUT2D eigenvalue weighted by Gasteiger charge is -2.33. The first-order chi connectivity index (χ1) is 10.4. The number of hydrogen-bond donors (Lipinski definition) is 0. The molecule has 1 aliphatic heterocycles. The number of nitrogens with zero attached hydrogens (tertiary/aromatic N) is 1. The molecular formula is C12H16F9NO. The molecule has 0 aromatic rings. The molecule has 2 nitrogen and oxygen atoms in total. The molecule has 0 amide bonds. The van der Waals surface area contributed by atoms with Crippen LogP contribution < -0.4 is 0 Å². The van der Waals surface area contributed by atoms with E-state index < -0.39 is 43.7 Å². The van der Waals surface area contributed by atoms with E-state index in [1.807, 2.05) is 0 Å². The Morgan fingerprint density at radius 1 is 0.783 bits per heavy atom. The number of likely N-dealkylation sites (tertiary alicyclic amines) is 1. The highest BCUT2D eigenvalue weighted by Crippen LogP contribution is 2.35. The van der Waals surface area contributed by atoms with Gasteiger partial charge >= 0.3 is 18.0 Å². The van der Waals surface area contributed by atoms with Gasteiger partial charge < -0.3 is 4.74 Å². The van der Waals surface area contributed by atoms with Gasteiger partial charge in [-0.1, -0.05) is 6.42 Å². The van der Waals surface area contributed by atoms with E-state index in [0.717, 1.165) is 11.3 Å². The summed E-state index contributed by atoms with van der Waals surface area (Å²) >= 11 is 0. The molecule has 0 bridgehead atoms. The first-order valence-corrected chi connectivity index (χ1v) is 6.80. The molecule has 0 radical (unpaired) electrons. The van der Waals surface area contributed by atoms with Crippen molar-refractivity contribution in [2.75, 3.05) is 26.3 Å². The summed E-state index contributed by atoms with van der Waals surface area (Å²) < 4.78 is 118. The van der Waals surface area contributed by atoms with E-state index >= 15 is 0 Å². The number of alkyl halides is 9. The molecule has 1 aliphatic rings. The minimum atomic E-state index is -5.86.